The van der Waals surface area contributed by atoms with Gasteiger partial charge in [0.2, 0.25) is 0 Å². The number of unbranched alkanes of at least 4 members (excludes halogenated alkanes) is 1. The molecule has 0 unspecified atom stereocenters. The van der Waals surface area contributed by atoms with Crippen molar-refractivity contribution in [1.82, 2.24) is 5.32 Å². The summed E-state index contributed by atoms with van der Waals surface area (Å²) in [5, 5.41) is 3.51. The third-order valence-electron chi connectivity index (χ3n) is 3.88. The van der Waals surface area contributed by atoms with Crippen molar-refractivity contribution in [2.24, 2.45) is 5.73 Å². The van der Waals surface area contributed by atoms with Gasteiger partial charge in [0.25, 0.3) is 0 Å². The summed E-state index contributed by atoms with van der Waals surface area (Å²) < 4.78 is 0. The van der Waals surface area contributed by atoms with E-state index in [1.54, 1.807) is 0 Å². The molecule has 0 amide bonds. The van der Waals surface area contributed by atoms with Crippen molar-refractivity contribution in [3.8, 4) is 0 Å². The van der Waals surface area contributed by atoms with E-state index in [1.807, 2.05) is 0 Å². The fourth-order valence-corrected chi connectivity index (χ4v) is 2.41. The van der Waals surface area contributed by atoms with Crippen molar-refractivity contribution in [2.45, 2.75) is 47.0 Å². The summed E-state index contributed by atoms with van der Waals surface area (Å²) in [5.74, 6) is 0. The molecule has 0 aliphatic heterocycles. The lowest BCUT2D eigenvalue weighted by Crippen LogP contribution is -2.20. The van der Waals surface area contributed by atoms with Crippen molar-refractivity contribution in [1.29, 1.82) is 0 Å². The van der Waals surface area contributed by atoms with Crippen LogP contribution in [0.1, 0.15) is 40.7 Å². The zero-order valence-corrected chi connectivity index (χ0v) is 12.4. The summed E-state index contributed by atoms with van der Waals surface area (Å²) >= 11 is 0. The Hall–Kier alpha value is -0.860. The first kappa shape index (κ1) is 15.2. The van der Waals surface area contributed by atoms with Gasteiger partial charge in [0.1, 0.15) is 0 Å². The molecular weight excluding hydrogens is 220 g/mol. The summed E-state index contributed by atoms with van der Waals surface area (Å²) in [7, 11) is 0. The first-order valence-corrected chi connectivity index (χ1v) is 7.05. The van der Waals surface area contributed by atoms with Gasteiger partial charge in [-0.05, 0) is 94.4 Å². The highest BCUT2D eigenvalue weighted by molar-refractivity contribution is 5.44. The average Bonchev–Trinajstić information content (AvgIpc) is 2.35. The Balaban J connectivity index is 2.52. The summed E-state index contributed by atoms with van der Waals surface area (Å²) in [6, 6.07) is 2.29. The van der Waals surface area contributed by atoms with Crippen LogP contribution in [0.3, 0.4) is 0 Å². The van der Waals surface area contributed by atoms with Crippen LogP contribution in [-0.4, -0.2) is 19.6 Å². The van der Waals surface area contributed by atoms with E-state index in [2.05, 4.69) is 39.1 Å². The summed E-state index contributed by atoms with van der Waals surface area (Å²) in [6.45, 7) is 11.9. The minimum Gasteiger partial charge on any atom is -0.330 e. The predicted octanol–water partition coefficient (Wildman–Crippen LogP) is 2.79. The molecule has 18 heavy (non-hydrogen) atoms. The molecule has 1 aromatic rings. The highest BCUT2D eigenvalue weighted by atomic mass is 14.8. The van der Waals surface area contributed by atoms with Crippen molar-refractivity contribution >= 4 is 0 Å². The third-order valence-corrected chi connectivity index (χ3v) is 3.88. The van der Waals surface area contributed by atoms with E-state index in [0.717, 1.165) is 32.5 Å². The van der Waals surface area contributed by atoms with Crippen LogP contribution >= 0.6 is 0 Å². The smallest absolute Gasteiger partial charge is 0.000815 e. The second-order valence-electron chi connectivity index (χ2n) is 5.23. The number of rotatable bonds is 7. The molecular formula is C16H28N2. The Bertz CT molecular complexity index is 357. The first-order chi connectivity index (χ1) is 8.57. The molecule has 3 N–H and O–H groups in total. The number of hydrogen-bond acceptors (Lipinski definition) is 2. The molecule has 0 aromatic heterocycles. The van der Waals surface area contributed by atoms with Crippen LogP contribution in [0.5, 0.6) is 0 Å². The number of benzene rings is 1. The van der Waals surface area contributed by atoms with E-state index in [0.29, 0.717) is 0 Å². The number of hydrogen-bond donors (Lipinski definition) is 2. The number of nitrogens with two attached hydrogens (primary N) is 1. The maximum absolute atomic E-state index is 5.48. The Morgan fingerprint density at radius 1 is 0.944 bits per heavy atom. The van der Waals surface area contributed by atoms with Crippen LogP contribution in [-0.2, 0) is 6.42 Å². The lowest BCUT2D eigenvalue weighted by molar-refractivity contribution is 0.625. The van der Waals surface area contributed by atoms with Crippen molar-refractivity contribution in [3.63, 3.8) is 0 Å². The van der Waals surface area contributed by atoms with Gasteiger partial charge in [-0.15, -0.1) is 0 Å². The molecule has 0 saturated heterocycles. The summed E-state index contributed by atoms with van der Waals surface area (Å²) in [4.78, 5) is 0. The highest BCUT2D eigenvalue weighted by Crippen LogP contribution is 2.21. The second kappa shape index (κ2) is 7.55. The molecule has 2 heteroatoms. The topological polar surface area (TPSA) is 38.0 Å². The normalized spacial score (nSPS) is 10.9. The van der Waals surface area contributed by atoms with Crippen LogP contribution < -0.4 is 11.1 Å². The Morgan fingerprint density at radius 2 is 1.56 bits per heavy atom. The molecule has 1 aromatic carbocycles. The summed E-state index contributed by atoms with van der Waals surface area (Å²) in [5.41, 5.74) is 12.8. The monoisotopic (exact) mass is 248 g/mol. The SMILES string of the molecule is Cc1cc(C)c(C)c(CCNCCCCN)c1C. The van der Waals surface area contributed by atoms with Crippen LogP contribution in [0.4, 0.5) is 0 Å². The van der Waals surface area contributed by atoms with Crippen LogP contribution in [0.25, 0.3) is 0 Å². The van der Waals surface area contributed by atoms with Gasteiger partial charge in [0.05, 0.1) is 0 Å². The van der Waals surface area contributed by atoms with Gasteiger partial charge in [0.15, 0.2) is 0 Å². The molecule has 0 radical (unpaired) electrons. The van der Waals surface area contributed by atoms with E-state index >= 15 is 0 Å². The molecule has 0 heterocycles. The predicted molar refractivity (Wildman–Crippen MR) is 80.3 cm³/mol. The minimum absolute atomic E-state index is 0.803. The lowest BCUT2D eigenvalue weighted by Gasteiger charge is -2.15. The van der Waals surface area contributed by atoms with Gasteiger partial charge in [-0.1, -0.05) is 6.07 Å². The highest BCUT2D eigenvalue weighted by Gasteiger charge is 2.07. The Morgan fingerprint density at radius 3 is 2.11 bits per heavy atom. The van der Waals surface area contributed by atoms with Crippen molar-refractivity contribution in [2.75, 3.05) is 19.6 Å². The van der Waals surface area contributed by atoms with E-state index in [1.165, 1.54) is 34.2 Å². The molecule has 0 aliphatic carbocycles. The molecule has 0 atom stereocenters. The van der Waals surface area contributed by atoms with Crippen LogP contribution in [0.15, 0.2) is 6.07 Å². The molecule has 2 nitrogen and oxygen atoms in total. The quantitative estimate of drug-likeness (QED) is 0.728. The van der Waals surface area contributed by atoms with E-state index in [-0.39, 0.29) is 0 Å². The van der Waals surface area contributed by atoms with Gasteiger partial charge in [0, 0.05) is 0 Å². The molecule has 0 saturated carbocycles. The molecule has 0 fully saturated rings. The zero-order valence-electron chi connectivity index (χ0n) is 12.4. The number of aryl methyl sites for hydroxylation is 2. The standard InChI is InChI=1S/C16H28N2/c1-12-11-13(2)15(4)16(14(12)3)7-10-18-9-6-5-8-17/h11,18H,5-10,17H2,1-4H3. The van der Waals surface area contributed by atoms with E-state index in [9.17, 15) is 0 Å². The van der Waals surface area contributed by atoms with E-state index < -0.39 is 0 Å². The fraction of sp³-hybridized carbons (Fsp3) is 0.625. The fourth-order valence-electron chi connectivity index (χ4n) is 2.41. The maximum atomic E-state index is 5.48. The van der Waals surface area contributed by atoms with Gasteiger partial charge in [-0.2, -0.15) is 0 Å². The lowest BCUT2D eigenvalue weighted by atomic mass is 9.92. The second-order valence-corrected chi connectivity index (χ2v) is 5.23. The van der Waals surface area contributed by atoms with Gasteiger partial charge in [-0.3, -0.25) is 0 Å². The number of nitrogens with one attached hydrogen (secondary N) is 1. The van der Waals surface area contributed by atoms with Crippen LogP contribution in [0, 0.1) is 27.7 Å². The van der Waals surface area contributed by atoms with Gasteiger partial charge >= 0.3 is 0 Å². The Kier molecular flexibility index (Phi) is 6.37. The van der Waals surface area contributed by atoms with Gasteiger partial charge < -0.3 is 11.1 Å². The maximum Gasteiger partial charge on any atom is -0.000815 e. The third kappa shape index (κ3) is 4.11. The average molecular weight is 248 g/mol. The van der Waals surface area contributed by atoms with Crippen LogP contribution in [0.2, 0.25) is 0 Å². The first-order valence-electron chi connectivity index (χ1n) is 7.05. The Labute approximate surface area is 112 Å². The molecule has 0 bridgehead atoms. The van der Waals surface area contributed by atoms with Gasteiger partial charge in [-0.25, -0.2) is 0 Å². The minimum atomic E-state index is 0.803. The zero-order chi connectivity index (χ0) is 13.5. The largest absolute Gasteiger partial charge is 0.330 e. The molecule has 1 rings (SSSR count). The summed E-state index contributed by atoms with van der Waals surface area (Å²) in [6.07, 6.45) is 3.43. The molecule has 0 aliphatic rings. The van der Waals surface area contributed by atoms with Crippen molar-refractivity contribution in [3.05, 3.63) is 33.9 Å². The van der Waals surface area contributed by atoms with E-state index in [4.69, 9.17) is 5.73 Å². The molecule has 102 valence electrons. The molecule has 0 spiro atoms. The van der Waals surface area contributed by atoms with Crippen molar-refractivity contribution < 1.29 is 0 Å².